The van der Waals surface area contributed by atoms with Gasteiger partial charge in [0.2, 0.25) is 0 Å². The first-order valence-electron chi connectivity index (χ1n) is 5.96. The molecule has 1 atom stereocenters. The fourth-order valence-corrected chi connectivity index (χ4v) is 2.06. The molecule has 0 bridgehead atoms. The smallest absolute Gasteiger partial charge is 0.0302 e. The van der Waals surface area contributed by atoms with E-state index in [0.717, 1.165) is 0 Å². The van der Waals surface area contributed by atoms with Crippen molar-refractivity contribution in [2.45, 2.75) is 65.3 Å². The maximum Gasteiger partial charge on any atom is 0.0302 e. The van der Waals surface area contributed by atoms with E-state index in [2.05, 4.69) is 26.8 Å². The predicted molar refractivity (Wildman–Crippen MR) is 63.2 cm³/mol. The molecular weight excluding hydrogens is 170 g/mol. The molecule has 1 rings (SSSR count). The number of rotatable bonds is 1. The second kappa shape index (κ2) is 4.97. The van der Waals surface area contributed by atoms with Crippen molar-refractivity contribution >= 4 is 0 Å². The lowest BCUT2D eigenvalue weighted by molar-refractivity contribution is 0.344. The van der Waals surface area contributed by atoms with Crippen LogP contribution in [0.4, 0.5) is 0 Å². The van der Waals surface area contributed by atoms with Crippen LogP contribution in [0.3, 0.4) is 0 Å². The predicted octanol–water partition coefficient (Wildman–Crippen LogP) is 3.64. The van der Waals surface area contributed by atoms with E-state index in [1.165, 1.54) is 44.1 Å². The molecular formula is C13H25N. The van der Waals surface area contributed by atoms with Crippen LogP contribution in [-0.4, -0.2) is 6.04 Å². The van der Waals surface area contributed by atoms with E-state index >= 15 is 0 Å². The Morgan fingerprint density at radius 1 is 1.14 bits per heavy atom. The van der Waals surface area contributed by atoms with Crippen molar-refractivity contribution in [1.82, 2.24) is 0 Å². The molecule has 0 saturated heterocycles. The van der Waals surface area contributed by atoms with Gasteiger partial charge in [-0.1, -0.05) is 45.3 Å². The first-order valence-corrected chi connectivity index (χ1v) is 5.96. The Kier molecular flexibility index (Phi) is 4.18. The van der Waals surface area contributed by atoms with Crippen LogP contribution in [0, 0.1) is 5.41 Å². The van der Waals surface area contributed by atoms with Crippen molar-refractivity contribution < 1.29 is 0 Å². The highest BCUT2D eigenvalue weighted by Crippen LogP contribution is 2.28. The minimum Gasteiger partial charge on any atom is -0.324 e. The molecule has 0 amide bonds. The number of hydrogen-bond donors (Lipinski definition) is 1. The molecule has 1 aliphatic rings. The van der Waals surface area contributed by atoms with Crippen LogP contribution in [0.1, 0.15) is 59.3 Å². The summed E-state index contributed by atoms with van der Waals surface area (Å²) in [6.45, 7) is 6.70. The van der Waals surface area contributed by atoms with Gasteiger partial charge in [-0.3, -0.25) is 0 Å². The van der Waals surface area contributed by atoms with Gasteiger partial charge in [0.1, 0.15) is 0 Å². The van der Waals surface area contributed by atoms with Gasteiger partial charge in [-0.25, -0.2) is 0 Å². The standard InChI is InChI=1S/C13H25N/c1-13(2,3)12(14)11-9-7-5-4-6-8-10-11/h9,12H,4-8,10,14H2,1-3H3/b11-9+. The third kappa shape index (κ3) is 3.45. The summed E-state index contributed by atoms with van der Waals surface area (Å²) in [6, 6.07) is 0.251. The number of allylic oxidation sites excluding steroid dienone is 1. The van der Waals surface area contributed by atoms with Crippen molar-refractivity contribution in [3.05, 3.63) is 11.6 Å². The second-order valence-electron chi connectivity index (χ2n) is 5.58. The largest absolute Gasteiger partial charge is 0.324 e. The van der Waals surface area contributed by atoms with Crippen molar-refractivity contribution in [2.24, 2.45) is 11.1 Å². The van der Waals surface area contributed by atoms with Crippen LogP contribution in [0.25, 0.3) is 0 Å². The summed E-state index contributed by atoms with van der Waals surface area (Å²) < 4.78 is 0. The molecule has 0 saturated carbocycles. The van der Waals surface area contributed by atoms with Crippen molar-refractivity contribution in [2.75, 3.05) is 0 Å². The topological polar surface area (TPSA) is 26.0 Å². The summed E-state index contributed by atoms with van der Waals surface area (Å²) in [6.07, 6.45) is 10.3. The Bertz CT molecular complexity index is 198. The highest BCUT2D eigenvalue weighted by molar-refractivity contribution is 5.14. The van der Waals surface area contributed by atoms with E-state index in [4.69, 9.17) is 5.73 Å². The van der Waals surface area contributed by atoms with Gasteiger partial charge < -0.3 is 5.73 Å². The fourth-order valence-electron chi connectivity index (χ4n) is 2.06. The lowest BCUT2D eigenvalue weighted by Crippen LogP contribution is -2.37. The Morgan fingerprint density at radius 2 is 1.79 bits per heavy atom. The van der Waals surface area contributed by atoms with Gasteiger partial charge in [-0.05, 0) is 31.1 Å². The van der Waals surface area contributed by atoms with Crippen molar-refractivity contribution in [1.29, 1.82) is 0 Å². The van der Waals surface area contributed by atoms with Crippen LogP contribution in [0.5, 0.6) is 0 Å². The molecule has 1 unspecified atom stereocenters. The average Bonchev–Trinajstić information content (AvgIpc) is 2.00. The maximum absolute atomic E-state index is 6.28. The lowest BCUT2D eigenvalue weighted by Gasteiger charge is -2.30. The van der Waals surface area contributed by atoms with E-state index in [9.17, 15) is 0 Å². The quantitative estimate of drug-likeness (QED) is 0.635. The molecule has 0 fully saturated rings. The van der Waals surface area contributed by atoms with E-state index in [-0.39, 0.29) is 11.5 Å². The Balaban J connectivity index is 2.63. The highest BCUT2D eigenvalue weighted by Gasteiger charge is 2.23. The molecule has 0 heterocycles. The number of hydrogen-bond acceptors (Lipinski definition) is 1. The third-order valence-corrected chi connectivity index (χ3v) is 3.16. The van der Waals surface area contributed by atoms with Gasteiger partial charge in [-0.15, -0.1) is 0 Å². The summed E-state index contributed by atoms with van der Waals surface area (Å²) in [4.78, 5) is 0. The van der Waals surface area contributed by atoms with Crippen LogP contribution in [0.15, 0.2) is 11.6 Å². The van der Waals surface area contributed by atoms with Gasteiger partial charge in [0.25, 0.3) is 0 Å². The van der Waals surface area contributed by atoms with E-state index in [1.807, 2.05) is 0 Å². The lowest BCUT2D eigenvalue weighted by atomic mass is 9.80. The minimum absolute atomic E-state index is 0.213. The van der Waals surface area contributed by atoms with Gasteiger partial charge in [0.05, 0.1) is 0 Å². The fraction of sp³-hybridized carbons (Fsp3) is 0.846. The molecule has 14 heavy (non-hydrogen) atoms. The summed E-state index contributed by atoms with van der Waals surface area (Å²) in [7, 11) is 0. The van der Waals surface area contributed by atoms with Gasteiger partial charge >= 0.3 is 0 Å². The van der Waals surface area contributed by atoms with Gasteiger partial charge in [-0.2, -0.15) is 0 Å². The molecule has 1 heteroatoms. The zero-order valence-corrected chi connectivity index (χ0v) is 9.97. The SMILES string of the molecule is CC(C)(C)C(N)/C1=C/CCCCCC1. The van der Waals surface area contributed by atoms with Gasteiger partial charge in [0.15, 0.2) is 0 Å². The zero-order chi connectivity index (χ0) is 10.6. The molecule has 0 aromatic carbocycles. The van der Waals surface area contributed by atoms with Crippen LogP contribution < -0.4 is 5.73 Å². The average molecular weight is 195 g/mol. The molecule has 0 aromatic heterocycles. The molecule has 82 valence electrons. The molecule has 2 N–H and O–H groups in total. The van der Waals surface area contributed by atoms with Crippen LogP contribution in [-0.2, 0) is 0 Å². The summed E-state index contributed by atoms with van der Waals surface area (Å²) >= 11 is 0. The van der Waals surface area contributed by atoms with Crippen LogP contribution >= 0.6 is 0 Å². The first-order chi connectivity index (χ1) is 6.52. The molecule has 1 aliphatic carbocycles. The summed E-state index contributed by atoms with van der Waals surface area (Å²) in [5.74, 6) is 0. The summed E-state index contributed by atoms with van der Waals surface area (Å²) in [5.41, 5.74) is 7.99. The Hall–Kier alpha value is -0.300. The molecule has 0 radical (unpaired) electrons. The Morgan fingerprint density at radius 3 is 2.43 bits per heavy atom. The van der Waals surface area contributed by atoms with E-state index in [1.54, 1.807) is 0 Å². The van der Waals surface area contributed by atoms with E-state index in [0.29, 0.717) is 0 Å². The molecule has 0 aliphatic heterocycles. The monoisotopic (exact) mass is 195 g/mol. The second-order valence-corrected chi connectivity index (χ2v) is 5.58. The molecule has 0 aromatic rings. The minimum atomic E-state index is 0.213. The van der Waals surface area contributed by atoms with E-state index < -0.39 is 0 Å². The third-order valence-electron chi connectivity index (χ3n) is 3.16. The molecule has 0 spiro atoms. The normalized spacial score (nSPS) is 25.9. The maximum atomic E-state index is 6.28. The summed E-state index contributed by atoms with van der Waals surface area (Å²) in [5, 5.41) is 0. The van der Waals surface area contributed by atoms with Crippen LogP contribution in [0.2, 0.25) is 0 Å². The highest BCUT2D eigenvalue weighted by atomic mass is 14.7. The Labute approximate surface area is 88.8 Å². The molecule has 1 nitrogen and oxygen atoms in total. The first kappa shape index (κ1) is 11.8. The van der Waals surface area contributed by atoms with Gasteiger partial charge in [0, 0.05) is 6.04 Å². The van der Waals surface area contributed by atoms with Crippen molar-refractivity contribution in [3.63, 3.8) is 0 Å². The zero-order valence-electron chi connectivity index (χ0n) is 9.97. The number of nitrogens with two attached hydrogens (primary N) is 1. The van der Waals surface area contributed by atoms with Crippen molar-refractivity contribution in [3.8, 4) is 0 Å².